The zero-order valence-corrected chi connectivity index (χ0v) is 13.1. The van der Waals surface area contributed by atoms with Crippen LogP contribution in [0.3, 0.4) is 0 Å². The number of carbonyl (C=O) groups excluding carboxylic acids is 1. The van der Waals surface area contributed by atoms with Crippen molar-refractivity contribution in [2.45, 2.75) is 45.1 Å². The Morgan fingerprint density at radius 2 is 1.90 bits per heavy atom. The third-order valence-electron chi connectivity index (χ3n) is 4.64. The van der Waals surface area contributed by atoms with Crippen LogP contribution in [0.5, 0.6) is 5.75 Å². The Morgan fingerprint density at radius 1 is 1.29 bits per heavy atom. The number of likely N-dealkylation sites (N-methyl/N-ethyl adjacent to an activating group) is 1. The van der Waals surface area contributed by atoms with Gasteiger partial charge in [-0.25, -0.2) is 4.39 Å². The average Bonchev–Trinajstić information content (AvgIpc) is 2.98. The molecule has 0 amide bonds. The molecule has 0 atom stereocenters. The number of ketones is 1. The van der Waals surface area contributed by atoms with Crippen LogP contribution in [0.2, 0.25) is 0 Å². The average molecular weight is 293 g/mol. The maximum Gasteiger partial charge on any atom is 0.183 e. The SMILES string of the molecule is CCN(CC)C1(C(=O)c2ccc(OC)c(F)c2)CCCC1. The molecule has 0 spiro atoms. The van der Waals surface area contributed by atoms with Crippen molar-refractivity contribution in [1.82, 2.24) is 4.90 Å². The lowest BCUT2D eigenvalue weighted by Crippen LogP contribution is -2.52. The quantitative estimate of drug-likeness (QED) is 0.749. The fourth-order valence-corrected chi connectivity index (χ4v) is 3.55. The van der Waals surface area contributed by atoms with E-state index in [1.807, 2.05) is 0 Å². The van der Waals surface area contributed by atoms with Crippen molar-refractivity contribution < 1.29 is 13.9 Å². The van der Waals surface area contributed by atoms with Crippen LogP contribution in [0.1, 0.15) is 49.9 Å². The van der Waals surface area contributed by atoms with Crippen LogP contribution < -0.4 is 4.74 Å². The second kappa shape index (κ2) is 6.56. The molecule has 1 aromatic rings. The number of rotatable bonds is 6. The third-order valence-corrected chi connectivity index (χ3v) is 4.64. The molecule has 116 valence electrons. The van der Waals surface area contributed by atoms with E-state index < -0.39 is 11.4 Å². The van der Waals surface area contributed by atoms with Gasteiger partial charge in [-0.2, -0.15) is 0 Å². The highest BCUT2D eigenvalue weighted by molar-refractivity contribution is 6.03. The number of nitrogens with zero attached hydrogens (tertiary/aromatic N) is 1. The van der Waals surface area contributed by atoms with Crippen LogP contribution >= 0.6 is 0 Å². The van der Waals surface area contributed by atoms with Gasteiger partial charge in [0, 0.05) is 5.56 Å². The normalized spacial score (nSPS) is 17.2. The number of carbonyl (C=O) groups is 1. The predicted molar refractivity (Wildman–Crippen MR) is 81.4 cm³/mol. The number of Topliss-reactive ketones (excluding diaryl/α,β-unsaturated/α-hetero) is 1. The molecule has 2 rings (SSSR count). The second-order valence-electron chi connectivity index (χ2n) is 5.59. The van der Waals surface area contributed by atoms with Gasteiger partial charge in [0.1, 0.15) is 0 Å². The van der Waals surface area contributed by atoms with Crippen LogP contribution in [0, 0.1) is 5.82 Å². The number of halogens is 1. The molecular weight excluding hydrogens is 269 g/mol. The molecule has 0 radical (unpaired) electrons. The van der Waals surface area contributed by atoms with Gasteiger partial charge in [0.15, 0.2) is 17.3 Å². The number of methoxy groups -OCH3 is 1. The first kappa shape index (κ1) is 16.0. The molecule has 1 aromatic carbocycles. The molecular formula is C17H24FNO2. The molecule has 0 aliphatic heterocycles. The summed E-state index contributed by atoms with van der Waals surface area (Å²) in [5.74, 6) is -0.254. The van der Waals surface area contributed by atoms with Crippen LogP contribution in [0.4, 0.5) is 4.39 Å². The molecule has 0 aromatic heterocycles. The molecule has 1 fully saturated rings. The minimum Gasteiger partial charge on any atom is -0.494 e. The predicted octanol–water partition coefficient (Wildman–Crippen LogP) is 3.67. The van der Waals surface area contributed by atoms with E-state index >= 15 is 0 Å². The molecule has 0 heterocycles. The van der Waals surface area contributed by atoms with Gasteiger partial charge in [-0.15, -0.1) is 0 Å². The Bertz CT molecular complexity index is 506. The molecule has 1 saturated carbocycles. The summed E-state index contributed by atoms with van der Waals surface area (Å²) in [5.41, 5.74) is -0.00745. The first-order valence-electron chi connectivity index (χ1n) is 7.72. The fraction of sp³-hybridized carbons (Fsp3) is 0.588. The van der Waals surface area contributed by atoms with E-state index in [1.54, 1.807) is 6.07 Å². The monoisotopic (exact) mass is 293 g/mol. The van der Waals surface area contributed by atoms with E-state index in [4.69, 9.17) is 4.74 Å². The van der Waals surface area contributed by atoms with Crippen molar-refractivity contribution in [3.63, 3.8) is 0 Å². The Kier molecular flexibility index (Phi) is 4.99. The van der Waals surface area contributed by atoms with Gasteiger partial charge in [0.2, 0.25) is 0 Å². The summed E-state index contributed by atoms with van der Waals surface area (Å²) in [5, 5.41) is 0. The Labute approximate surface area is 126 Å². The fourth-order valence-electron chi connectivity index (χ4n) is 3.55. The Morgan fingerprint density at radius 3 is 2.38 bits per heavy atom. The maximum atomic E-state index is 13.9. The summed E-state index contributed by atoms with van der Waals surface area (Å²) >= 11 is 0. The summed E-state index contributed by atoms with van der Waals surface area (Å²) in [6, 6.07) is 4.52. The van der Waals surface area contributed by atoms with Crippen molar-refractivity contribution in [2.24, 2.45) is 0 Å². The van der Waals surface area contributed by atoms with Crippen molar-refractivity contribution in [1.29, 1.82) is 0 Å². The smallest absolute Gasteiger partial charge is 0.183 e. The van der Waals surface area contributed by atoms with E-state index in [0.717, 1.165) is 38.8 Å². The van der Waals surface area contributed by atoms with Crippen molar-refractivity contribution in [3.05, 3.63) is 29.6 Å². The summed E-state index contributed by atoms with van der Waals surface area (Å²) in [6.45, 7) is 5.82. The molecule has 3 nitrogen and oxygen atoms in total. The number of hydrogen-bond donors (Lipinski definition) is 0. The zero-order chi connectivity index (χ0) is 15.5. The van der Waals surface area contributed by atoms with E-state index in [1.165, 1.54) is 19.2 Å². The molecule has 0 N–H and O–H groups in total. The molecule has 1 aliphatic rings. The molecule has 1 aliphatic carbocycles. The zero-order valence-electron chi connectivity index (χ0n) is 13.1. The van der Waals surface area contributed by atoms with E-state index in [9.17, 15) is 9.18 Å². The standard InChI is InChI=1S/C17H24FNO2/c1-4-19(5-2)17(10-6-7-11-17)16(20)13-8-9-15(21-3)14(18)12-13/h8-9,12H,4-7,10-11H2,1-3H3. The lowest BCUT2D eigenvalue weighted by Gasteiger charge is -2.39. The minimum atomic E-state index is -0.476. The first-order chi connectivity index (χ1) is 10.1. The summed E-state index contributed by atoms with van der Waals surface area (Å²) < 4.78 is 18.8. The molecule has 0 bridgehead atoms. The van der Waals surface area contributed by atoms with E-state index in [0.29, 0.717) is 5.56 Å². The lowest BCUT2D eigenvalue weighted by atomic mass is 9.85. The van der Waals surface area contributed by atoms with Gasteiger partial charge in [-0.1, -0.05) is 26.7 Å². The van der Waals surface area contributed by atoms with Crippen molar-refractivity contribution in [3.8, 4) is 5.75 Å². The topological polar surface area (TPSA) is 29.5 Å². The Balaban J connectivity index is 2.37. The highest BCUT2D eigenvalue weighted by Crippen LogP contribution is 2.38. The van der Waals surface area contributed by atoms with Crippen LogP contribution in [0.25, 0.3) is 0 Å². The second-order valence-corrected chi connectivity index (χ2v) is 5.59. The summed E-state index contributed by atoms with van der Waals surface area (Å²) in [4.78, 5) is 15.3. The number of ether oxygens (including phenoxy) is 1. The highest BCUT2D eigenvalue weighted by atomic mass is 19.1. The van der Waals surface area contributed by atoms with Gasteiger partial charge >= 0.3 is 0 Å². The third kappa shape index (κ3) is 2.82. The van der Waals surface area contributed by atoms with Gasteiger partial charge < -0.3 is 4.74 Å². The van der Waals surface area contributed by atoms with Crippen molar-refractivity contribution >= 4 is 5.78 Å². The number of benzene rings is 1. The summed E-state index contributed by atoms with van der Waals surface area (Å²) in [7, 11) is 1.42. The number of hydrogen-bond acceptors (Lipinski definition) is 3. The van der Waals surface area contributed by atoms with Gasteiger partial charge in [0.25, 0.3) is 0 Å². The maximum absolute atomic E-state index is 13.9. The van der Waals surface area contributed by atoms with E-state index in [-0.39, 0.29) is 11.5 Å². The van der Waals surface area contributed by atoms with E-state index in [2.05, 4.69) is 18.7 Å². The van der Waals surface area contributed by atoms with Gasteiger partial charge in [0.05, 0.1) is 12.6 Å². The Hall–Kier alpha value is -1.42. The largest absolute Gasteiger partial charge is 0.494 e. The van der Waals surface area contributed by atoms with Crippen molar-refractivity contribution in [2.75, 3.05) is 20.2 Å². The first-order valence-corrected chi connectivity index (χ1v) is 7.72. The van der Waals surface area contributed by atoms with Crippen LogP contribution in [-0.2, 0) is 0 Å². The molecule has 0 unspecified atom stereocenters. The molecule has 0 saturated heterocycles. The summed E-state index contributed by atoms with van der Waals surface area (Å²) in [6.07, 6.45) is 3.84. The van der Waals surface area contributed by atoms with Crippen LogP contribution in [-0.4, -0.2) is 36.4 Å². The van der Waals surface area contributed by atoms with Gasteiger partial charge in [-0.3, -0.25) is 9.69 Å². The minimum absolute atomic E-state index is 0.0465. The van der Waals surface area contributed by atoms with Crippen LogP contribution in [0.15, 0.2) is 18.2 Å². The highest BCUT2D eigenvalue weighted by Gasteiger charge is 2.45. The lowest BCUT2D eigenvalue weighted by molar-refractivity contribution is 0.0584. The molecule has 4 heteroatoms. The van der Waals surface area contributed by atoms with Gasteiger partial charge in [-0.05, 0) is 44.1 Å². The molecule has 21 heavy (non-hydrogen) atoms.